The summed E-state index contributed by atoms with van der Waals surface area (Å²) in [6.45, 7) is 2.14. The van der Waals surface area contributed by atoms with Crippen molar-refractivity contribution in [2.24, 2.45) is 5.92 Å². The van der Waals surface area contributed by atoms with Gasteiger partial charge >= 0.3 is 87.5 Å². The van der Waals surface area contributed by atoms with Crippen molar-refractivity contribution in [3.05, 3.63) is 0 Å². The van der Waals surface area contributed by atoms with Gasteiger partial charge in [0.1, 0.15) is 0 Å². The molecule has 0 aromatic rings. The summed E-state index contributed by atoms with van der Waals surface area (Å²) in [6, 6.07) is 0. The molecular formula is C8H15KO2. The van der Waals surface area contributed by atoms with E-state index in [1.54, 1.807) is 12.8 Å². The first kappa shape index (κ1) is 12.1. The standard InChI is InChI=1S/C7H13.CH2O2.K/c1-7-5-3-2-4-6-7;2-1-3;/h2,7H,3-6H2,1H3;1H,(H,2,3);. The number of hydrogen-bond donors (Lipinski definition) is 1. The average Bonchev–Trinajstić information content (AvgIpc) is 1.97. The summed E-state index contributed by atoms with van der Waals surface area (Å²) in [4.78, 5) is 8.36. The van der Waals surface area contributed by atoms with Crippen LogP contribution in [0, 0.1) is 5.92 Å². The van der Waals surface area contributed by atoms with E-state index in [1.807, 2.05) is 0 Å². The van der Waals surface area contributed by atoms with Crippen LogP contribution in [0.1, 0.15) is 32.6 Å². The van der Waals surface area contributed by atoms with E-state index in [9.17, 15) is 0 Å². The van der Waals surface area contributed by atoms with Crippen LogP contribution in [0.5, 0.6) is 0 Å². The van der Waals surface area contributed by atoms with Crippen LogP contribution in [0.4, 0.5) is 0 Å². The molecule has 11 heavy (non-hydrogen) atoms. The Kier molecular flexibility index (Phi) is 8.52. The van der Waals surface area contributed by atoms with Crippen molar-refractivity contribution in [1.29, 1.82) is 0 Å². The zero-order valence-electron chi connectivity index (χ0n) is 7.42. The molecule has 60 valence electrons. The van der Waals surface area contributed by atoms with E-state index in [0.29, 0.717) is 0 Å². The van der Waals surface area contributed by atoms with Gasteiger partial charge in [-0.05, 0) is 0 Å². The zero-order chi connectivity index (χ0) is 8.69. The first-order chi connectivity index (χ1) is 5.20. The van der Waals surface area contributed by atoms with Crippen molar-refractivity contribution in [3.8, 4) is 0 Å². The van der Waals surface area contributed by atoms with Crippen LogP contribution >= 0.6 is 0 Å². The number of hydrogen-bond acceptors (Lipinski definition) is 1. The second-order valence-corrected chi connectivity index (χ2v) is 6.02. The molecule has 1 N–H and O–H groups in total. The predicted octanol–water partition coefficient (Wildman–Crippen LogP) is 1.85. The Balaban J connectivity index is 0.000000292. The summed E-state index contributed by atoms with van der Waals surface area (Å²) < 4.78 is 1.21. The Labute approximate surface area is 102 Å². The van der Waals surface area contributed by atoms with Crippen molar-refractivity contribution in [2.45, 2.75) is 32.6 Å². The monoisotopic (exact) mass is 182 g/mol. The Bertz CT molecular complexity index is 88.3. The van der Waals surface area contributed by atoms with Crippen molar-refractivity contribution < 1.29 is 9.90 Å². The van der Waals surface area contributed by atoms with E-state index in [2.05, 4.69) is 6.92 Å². The van der Waals surface area contributed by atoms with Crippen molar-refractivity contribution in [2.75, 3.05) is 0 Å². The smallest absolute Gasteiger partial charge is 0.290 e. The van der Waals surface area contributed by atoms with Crippen LogP contribution in [0.15, 0.2) is 0 Å². The van der Waals surface area contributed by atoms with E-state index in [4.69, 9.17) is 9.90 Å². The van der Waals surface area contributed by atoms with Gasteiger partial charge in [-0.3, -0.25) is 4.79 Å². The predicted molar refractivity (Wildman–Crippen MR) is 45.8 cm³/mol. The molecule has 0 aromatic heterocycles. The normalized spacial score (nSPS) is 30.1. The van der Waals surface area contributed by atoms with Gasteiger partial charge in [0, 0.05) is 0 Å². The summed E-state index contributed by atoms with van der Waals surface area (Å²) in [5, 5.41) is 6.89. The minimum atomic E-state index is -0.250. The fourth-order valence-electron chi connectivity index (χ4n) is 1.43. The van der Waals surface area contributed by atoms with Gasteiger partial charge < -0.3 is 5.11 Å². The molecule has 1 saturated carbocycles. The molecule has 0 atom stereocenters. The zero-order valence-corrected chi connectivity index (χ0v) is 10.5. The summed E-state index contributed by atoms with van der Waals surface area (Å²) >= 11 is 1.12. The maximum atomic E-state index is 8.36. The van der Waals surface area contributed by atoms with E-state index in [1.165, 1.54) is 12.9 Å². The summed E-state index contributed by atoms with van der Waals surface area (Å²) in [5.74, 6) is 1.05. The van der Waals surface area contributed by atoms with Crippen molar-refractivity contribution >= 4 is 55.4 Å². The molecule has 0 saturated heterocycles. The number of carboxylic acid groups (broad SMARTS) is 1. The quantitative estimate of drug-likeness (QED) is 0.458. The Morgan fingerprint density at radius 1 is 1.36 bits per heavy atom. The molecule has 0 aliphatic heterocycles. The summed E-state index contributed by atoms with van der Waals surface area (Å²) in [7, 11) is 0. The summed E-state index contributed by atoms with van der Waals surface area (Å²) in [5.41, 5.74) is 0. The third-order valence-electron chi connectivity index (χ3n) is 2.30. The Morgan fingerprint density at radius 2 is 1.73 bits per heavy atom. The molecule has 1 aliphatic carbocycles. The molecule has 0 heterocycles. The first-order valence-corrected chi connectivity index (χ1v) is 6.08. The van der Waals surface area contributed by atoms with Gasteiger partial charge in [-0.25, -0.2) is 0 Å². The van der Waals surface area contributed by atoms with Gasteiger partial charge in [0.2, 0.25) is 0 Å². The third kappa shape index (κ3) is 7.47. The van der Waals surface area contributed by atoms with Crippen molar-refractivity contribution in [3.63, 3.8) is 0 Å². The molecule has 1 rings (SSSR count). The van der Waals surface area contributed by atoms with Crippen LogP contribution in [-0.2, 0) is 4.79 Å². The van der Waals surface area contributed by atoms with Crippen LogP contribution in [0.2, 0.25) is 0.0125 Å². The first-order valence-electron chi connectivity index (χ1n) is 4.28. The Hall–Kier alpha value is 1.11. The van der Waals surface area contributed by atoms with Crippen LogP contribution in [-0.4, -0.2) is 60.5 Å². The van der Waals surface area contributed by atoms with E-state index in [0.717, 1.165) is 54.9 Å². The molecule has 0 amide bonds. The molecule has 0 spiro atoms. The molecule has 0 radical (unpaired) electrons. The van der Waals surface area contributed by atoms with Gasteiger partial charge in [0.25, 0.3) is 6.47 Å². The second kappa shape index (κ2) is 7.74. The largest absolute Gasteiger partial charge is 0.483 e. The molecular weight excluding hydrogens is 167 g/mol. The molecule has 3 heteroatoms. The van der Waals surface area contributed by atoms with E-state index < -0.39 is 0 Å². The van der Waals surface area contributed by atoms with E-state index >= 15 is 0 Å². The fourth-order valence-corrected chi connectivity index (χ4v) is 2.47. The molecule has 2 nitrogen and oxygen atoms in total. The maximum absolute atomic E-state index is 8.36. The minimum Gasteiger partial charge on any atom is -0.483 e. The number of rotatable bonds is 0. The van der Waals surface area contributed by atoms with Crippen LogP contribution < -0.4 is 0 Å². The summed E-state index contributed by atoms with van der Waals surface area (Å²) in [6.07, 6.45) is 6.15. The fraction of sp³-hybridized carbons (Fsp3) is 0.875. The maximum Gasteiger partial charge on any atom is 0.290 e. The average molecular weight is 182 g/mol. The molecule has 0 unspecified atom stereocenters. The van der Waals surface area contributed by atoms with Gasteiger partial charge in [-0.2, -0.15) is 0 Å². The van der Waals surface area contributed by atoms with Crippen molar-refractivity contribution in [1.82, 2.24) is 0 Å². The number of carbonyl (C=O) groups is 1. The van der Waals surface area contributed by atoms with Gasteiger partial charge in [-0.15, -0.1) is 0 Å². The molecule has 0 aromatic carbocycles. The van der Waals surface area contributed by atoms with Gasteiger partial charge in [-0.1, -0.05) is 0 Å². The van der Waals surface area contributed by atoms with Gasteiger partial charge in [0.15, 0.2) is 0 Å². The van der Waals surface area contributed by atoms with Gasteiger partial charge in [0.05, 0.1) is 0 Å². The Morgan fingerprint density at radius 3 is 2.00 bits per heavy atom. The minimum absolute atomic E-state index is 0.250. The van der Waals surface area contributed by atoms with Crippen LogP contribution in [0.3, 0.4) is 0 Å². The SMILES string of the molecule is C[C@H]1CC[C@H]([K])CC1.O=CO. The molecule has 0 bridgehead atoms. The van der Waals surface area contributed by atoms with E-state index in [-0.39, 0.29) is 6.47 Å². The molecule has 1 fully saturated rings. The molecule has 1 aliphatic rings. The topological polar surface area (TPSA) is 37.3 Å². The van der Waals surface area contributed by atoms with Crippen LogP contribution in [0.25, 0.3) is 0 Å². The third-order valence-corrected chi connectivity index (χ3v) is 4.11. The second-order valence-electron chi connectivity index (χ2n) is 3.47.